The Bertz CT molecular complexity index is 260. The molecule has 2 aliphatic carbocycles. The van der Waals surface area contributed by atoms with Crippen LogP contribution in [-0.4, -0.2) is 17.5 Å². The van der Waals surface area contributed by atoms with Gasteiger partial charge in [0.2, 0.25) is 0 Å². The monoisotopic (exact) mass is 175 g/mol. The van der Waals surface area contributed by atoms with E-state index >= 15 is 0 Å². The molecular formula is C12H17N. The van der Waals surface area contributed by atoms with Crippen molar-refractivity contribution >= 4 is 0 Å². The van der Waals surface area contributed by atoms with Crippen LogP contribution in [0.5, 0.6) is 0 Å². The lowest BCUT2D eigenvalue weighted by molar-refractivity contribution is 0.232. The number of allylic oxidation sites excluding steroid dienone is 4. The molecule has 1 unspecified atom stereocenters. The highest BCUT2D eigenvalue weighted by atomic mass is 15.2. The summed E-state index contributed by atoms with van der Waals surface area (Å²) < 4.78 is 0. The highest BCUT2D eigenvalue weighted by molar-refractivity contribution is 5.23. The third kappa shape index (κ3) is 1.31. The van der Waals surface area contributed by atoms with Gasteiger partial charge in [-0.25, -0.2) is 0 Å². The zero-order valence-corrected chi connectivity index (χ0v) is 8.08. The number of rotatable bonds is 1. The van der Waals surface area contributed by atoms with Crippen LogP contribution in [0.3, 0.4) is 0 Å². The molecule has 0 N–H and O–H groups in total. The zero-order valence-electron chi connectivity index (χ0n) is 8.08. The van der Waals surface area contributed by atoms with Gasteiger partial charge in [0.25, 0.3) is 0 Å². The molecule has 1 aliphatic heterocycles. The van der Waals surface area contributed by atoms with Crippen molar-refractivity contribution in [2.24, 2.45) is 5.92 Å². The van der Waals surface area contributed by atoms with Crippen molar-refractivity contribution in [3.8, 4) is 0 Å². The van der Waals surface area contributed by atoms with Crippen molar-refractivity contribution in [1.82, 2.24) is 4.90 Å². The van der Waals surface area contributed by atoms with Crippen molar-refractivity contribution in [1.29, 1.82) is 0 Å². The van der Waals surface area contributed by atoms with Gasteiger partial charge in [0, 0.05) is 24.2 Å². The number of hydrogen-bond donors (Lipinski definition) is 0. The van der Waals surface area contributed by atoms with Crippen LogP contribution in [0.4, 0.5) is 0 Å². The average molecular weight is 175 g/mol. The minimum absolute atomic E-state index is 0.861. The van der Waals surface area contributed by atoms with Crippen molar-refractivity contribution < 1.29 is 0 Å². The van der Waals surface area contributed by atoms with Crippen LogP contribution < -0.4 is 0 Å². The van der Waals surface area contributed by atoms with Gasteiger partial charge in [0.15, 0.2) is 0 Å². The van der Waals surface area contributed by atoms with Crippen LogP contribution >= 0.6 is 0 Å². The number of likely N-dealkylation sites (tertiary alicyclic amines) is 1. The van der Waals surface area contributed by atoms with Crippen LogP contribution in [0.25, 0.3) is 0 Å². The number of fused-ring (bicyclic) bond motifs is 1. The summed E-state index contributed by atoms with van der Waals surface area (Å²) >= 11 is 0. The first-order valence-electron chi connectivity index (χ1n) is 5.58. The van der Waals surface area contributed by atoms with Gasteiger partial charge in [-0.1, -0.05) is 12.2 Å². The van der Waals surface area contributed by atoms with Gasteiger partial charge in [0.1, 0.15) is 0 Å². The minimum Gasteiger partial charge on any atom is -0.372 e. The van der Waals surface area contributed by atoms with Gasteiger partial charge in [-0.15, -0.1) is 0 Å². The number of piperidine rings is 1. The molecule has 0 bridgehead atoms. The Balaban J connectivity index is 1.85. The molecule has 1 atom stereocenters. The molecule has 13 heavy (non-hydrogen) atoms. The van der Waals surface area contributed by atoms with E-state index in [1.807, 2.05) is 0 Å². The summed E-state index contributed by atoms with van der Waals surface area (Å²) in [7, 11) is 0. The number of nitrogens with zero attached hydrogens (tertiary/aromatic N) is 1. The number of hydrogen-bond acceptors (Lipinski definition) is 1. The zero-order chi connectivity index (χ0) is 8.67. The van der Waals surface area contributed by atoms with Crippen molar-refractivity contribution in [2.45, 2.75) is 38.1 Å². The van der Waals surface area contributed by atoms with E-state index in [4.69, 9.17) is 0 Å². The summed E-state index contributed by atoms with van der Waals surface area (Å²) in [6.45, 7) is 1.32. The Morgan fingerprint density at radius 2 is 2.15 bits per heavy atom. The fraction of sp³-hybridized carbons (Fsp3) is 0.667. The maximum atomic E-state index is 2.68. The smallest absolute Gasteiger partial charge is 0.0288 e. The topological polar surface area (TPSA) is 3.24 Å². The molecule has 1 heterocycles. The van der Waals surface area contributed by atoms with Gasteiger partial charge in [-0.05, 0) is 38.2 Å². The van der Waals surface area contributed by atoms with E-state index in [0.717, 1.165) is 12.0 Å². The fourth-order valence-electron chi connectivity index (χ4n) is 2.68. The van der Waals surface area contributed by atoms with Gasteiger partial charge < -0.3 is 4.90 Å². The van der Waals surface area contributed by atoms with E-state index in [9.17, 15) is 0 Å². The molecule has 0 spiro atoms. The lowest BCUT2D eigenvalue weighted by Gasteiger charge is -2.38. The van der Waals surface area contributed by atoms with Gasteiger partial charge in [-0.3, -0.25) is 0 Å². The molecule has 1 saturated heterocycles. The molecule has 0 aromatic heterocycles. The largest absolute Gasteiger partial charge is 0.372 e. The molecule has 1 nitrogen and oxygen atoms in total. The summed E-state index contributed by atoms with van der Waals surface area (Å²) in [5.41, 5.74) is 1.65. The van der Waals surface area contributed by atoms with Crippen molar-refractivity contribution in [3.05, 3.63) is 23.9 Å². The molecule has 3 aliphatic rings. The van der Waals surface area contributed by atoms with Gasteiger partial charge in [0.05, 0.1) is 0 Å². The predicted octanol–water partition coefficient (Wildman–Crippen LogP) is 2.70. The molecule has 0 radical (unpaired) electrons. The normalized spacial score (nSPS) is 32.8. The Kier molecular flexibility index (Phi) is 1.71. The van der Waals surface area contributed by atoms with E-state index in [1.165, 1.54) is 38.6 Å². The van der Waals surface area contributed by atoms with Crippen LogP contribution in [-0.2, 0) is 0 Å². The Labute approximate surface area is 80.1 Å². The van der Waals surface area contributed by atoms with Crippen molar-refractivity contribution in [2.75, 3.05) is 6.54 Å². The molecule has 2 fully saturated rings. The Morgan fingerprint density at radius 1 is 1.23 bits per heavy atom. The van der Waals surface area contributed by atoms with Crippen LogP contribution in [0.1, 0.15) is 32.1 Å². The SMILES string of the molecule is C1=CCC2CCCN(C3CC3)C2=C1. The summed E-state index contributed by atoms with van der Waals surface area (Å²) in [6, 6.07) is 0.917. The van der Waals surface area contributed by atoms with E-state index in [-0.39, 0.29) is 0 Å². The van der Waals surface area contributed by atoms with Crippen LogP contribution in [0.15, 0.2) is 23.9 Å². The lowest BCUT2D eigenvalue weighted by atomic mass is 9.88. The summed E-state index contributed by atoms with van der Waals surface area (Å²) in [6.07, 6.45) is 13.9. The molecular weight excluding hydrogens is 158 g/mol. The van der Waals surface area contributed by atoms with E-state index in [1.54, 1.807) is 5.70 Å². The first-order chi connectivity index (χ1) is 6.45. The summed E-state index contributed by atoms with van der Waals surface area (Å²) in [4.78, 5) is 2.68. The third-order valence-corrected chi connectivity index (χ3v) is 3.51. The Hall–Kier alpha value is -0.720. The maximum absolute atomic E-state index is 2.68. The summed E-state index contributed by atoms with van der Waals surface area (Å²) in [5, 5.41) is 0. The first kappa shape index (κ1) is 7.66. The Morgan fingerprint density at radius 3 is 3.00 bits per heavy atom. The quantitative estimate of drug-likeness (QED) is 0.592. The predicted molar refractivity (Wildman–Crippen MR) is 54.3 cm³/mol. The minimum atomic E-state index is 0.861. The maximum Gasteiger partial charge on any atom is 0.0288 e. The highest BCUT2D eigenvalue weighted by Crippen LogP contribution is 2.39. The fourth-order valence-corrected chi connectivity index (χ4v) is 2.68. The van der Waals surface area contributed by atoms with Gasteiger partial charge >= 0.3 is 0 Å². The molecule has 1 heteroatoms. The molecule has 0 aromatic carbocycles. The third-order valence-electron chi connectivity index (χ3n) is 3.51. The van der Waals surface area contributed by atoms with E-state index in [0.29, 0.717) is 0 Å². The lowest BCUT2D eigenvalue weighted by Crippen LogP contribution is -2.35. The second kappa shape index (κ2) is 2.90. The molecule has 0 aromatic rings. The molecule has 0 amide bonds. The second-order valence-corrected chi connectivity index (χ2v) is 4.52. The van der Waals surface area contributed by atoms with E-state index < -0.39 is 0 Å². The molecule has 3 rings (SSSR count). The highest BCUT2D eigenvalue weighted by Gasteiger charge is 2.35. The standard InChI is InChI=1S/C12H17N/c1-2-6-12-10(4-1)5-3-9-13(12)11-7-8-11/h1-2,6,10-11H,3-5,7-9H2. The van der Waals surface area contributed by atoms with E-state index in [2.05, 4.69) is 23.1 Å². The molecule has 1 saturated carbocycles. The summed E-state index contributed by atoms with van der Waals surface area (Å²) in [5.74, 6) is 0.861. The second-order valence-electron chi connectivity index (χ2n) is 4.52. The molecule has 70 valence electrons. The van der Waals surface area contributed by atoms with Crippen molar-refractivity contribution in [3.63, 3.8) is 0 Å². The first-order valence-corrected chi connectivity index (χ1v) is 5.58. The van der Waals surface area contributed by atoms with Crippen LogP contribution in [0.2, 0.25) is 0 Å². The van der Waals surface area contributed by atoms with Gasteiger partial charge in [-0.2, -0.15) is 0 Å². The van der Waals surface area contributed by atoms with Crippen LogP contribution in [0, 0.1) is 5.92 Å². The average Bonchev–Trinajstić information content (AvgIpc) is 3.00.